The van der Waals surface area contributed by atoms with Gasteiger partial charge in [0.2, 0.25) is 0 Å². The summed E-state index contributed by atoms with van der Waals surface area (Å²) in [6.45, 7) is 0. The molecule has 0 spiro atoms. The lowest BCUT2D eigenvalue weighted by Crippen LogP contribution is -1.91. The van der Waals surface area contributed by atoms with Gasteiger partial charge in [-0.25, -0.2) is 0 Å². The summed E-state index contributed by atoms with van der Waals surface area (Å²) in [6, 6.07) is 2.55. The minimum Gasteiger partial charge on any atom is -0.456 e. The van der Waals surface area contributed by atoms with Crippen LogP contribution in [0, 0.1) is 0 Å². The molecule has 200 valence electrons. The average molecular weight is 565 g/mol. The van der Waals surface area contributed by atoms with Crippen LogP contribution in [0.1, 0.15) is 24.7 Å². The standard InChI is InChI=1S/C42H26O/c1-2-12-28(13-3-1)32-19-10-20-39-42(32)37-26-31(23-24-38(37)43-39)41-35-17-8-6-15-33(35)40(34-16-7-9-18-36(34)41)30-22-21-27-11-4-5-14-29(27)25-30/h1-26H/i1D,2D,3D,4D,5D,10D,11D,12D,13D,14D,19D,20D,21D,22D,23D,24D,25D,26D. The van der Waals surface area contributed by atoms with Crippen molar-refractivity contribution in [2.45, 2.75) is 0 Å². The van der Waals surface area contributed by atoms with Crippen molar-refractivity contribution in [3.63, 3.8) is 0 Å². The second kappa shape index (κ2) is 9.44. The minimum atomic E-state index is -0.728. The Morgan fingerprint density at radius 2 is 1.02 bits per heavy atom. The van der Waals surface area contributed by atoms with Gasteiger partial charge in [0.25, 0.3) is 0 Å². The van der Waals surface area contributed by atoms with Gasteiger partial charge in [0.05, 0.1) is 24.7 Å². The molecular weight excluding hydrogens is 520 g/mol. The molecule has 1 nitrogen and oxygen atoms in total. The maximum atomic E-state index is 9.84. The molecule has 1 aromatic heterocycles. The van der Waals surface area contributed by atoms with Crippen LogP contribution in [0.5, 0.6) is 0 Å². The molecule has 0 amide bonds. The van der Waals surface area contributed by atoms with Crippen LogP contribution in [0.15, 0.2) is 162 Å². The molecule has 0 unspecified atom stereocenters. The summed E-state index contributed by atoms with van der Waals surface area (Å²) in [4.78, 5) is 0. The highest BCUT2D eigenvalue weighted by Crippen LogP contribution is 2.45. The fourth-order valence-corrected chi connectivity index (χ4v) is 5.71. The molecule has 9 aromatic rings. The average Bonchev–Trinajstić information content (AvgIpc) is 3.65. The molecule has 9 rings (SSSR count). The minimum absolute atomic E-state index is 0.100. The van der Waals surface area contributed by atoms with Crippen molar-refractivity contribution < 1.29 is 29.1 Å². The maximum absolute atomic E-state index is 9.84. The number of hydrogen-bond acceptors (Lipinski definition) is 1. The Labute approximate surface area is 274 Å². The van der Waals surface area contributed by atoms with Crippen LogP contribution in [0.3, 0.4) is 0 Å². The third-order valence-electron chi connectivity index (χ3n) is 7.50. The third kappa shape index (κ3) is 3.72. The first kappa shape index (κ1) is 12.3. The van der Waals surface area contributed by atoms with Gasteiger partial charge < -0.3 is 4.42 Å². The van der Waals surface area contributed by atoms with Crippen molar-refractivity contribution in [2.75, 3.05) is 0 Å². The summed E-state index contributed by atoms with van der Waals surface area (Å²) in [7, 11) is 0. The zero-order chi connectivity index (χ0) is 44.0. The zero-order valence-electron chi connectivity index (χ0n) is 40.0. The van der Waals surface area contributed by atoms with E-state index >= 15 is 0 Å². The molecular formula is C42H26O. The summed E-state index contributed by atoms with van der Waals surface area (Å²) in [5, 5.41) is 0.469. The molecule has 0 atom stereocenters. The predicted octanol–water partition coefficient (Wildman–Crippen LogP) is 12.0. The SMILES string of the molecule is [2H]c1c([2H])c([2H])c(-c2c([2H])c([2H])c([2H])c3oc4c([2H])c([2H])c(-c5c6ccccc6c(-c6c([2H])c([2H])c7c([2H])c([2H])c([2H])c([2H])c7c6[2H])c6ccccc56)c([2H])c4c23)c([2H])c1[2H]. The van der Waals surface area contributed by atoms with Crippen molar-refractivity contribution in [3.8, 4) is 33.4 Å². The van der Waals surface area contributed by atoms with Gasteiger partial charge in [-0.2, -0.15) is 0 Å². The van der Waals surface area contributed by atoms with E-state index in [-0.39, 0.29) is 54.9 Å². The Bertz CT molecular complexity index is 3430. The van der Waals surface area contributed by atoms with E-state index in [1.807, 2.05) is 0 Å². The fraction of sp³-hybridized carbons (Fsp3) is 0. The molecule has 0 bridgehead atoms. The van der Waals surface area contributed by atoms with Gasteiger partial charge in [-0.15, -0.1) is 0 Å². The molecule has 0 saturated heterocycles. The van der Waals surface area contributed by atoms with Crippen molar-refractivity contribution >= 4 is 54.3 Å². The molecule has 0 fully saturated rings. The van der Waals surface area contributed by atoms with E-state index in [1.165, 1.54) is 0 Å². The van der Waals surface area contributed by atoms with Gasteiger partial charge in [-0.3, -0.25) is 0 Å². The Morgan fingerprint density at radius 3 is 1.72 bits per heavy atom. The molecule has 43 heavy (non-hydrogen) atoms. The molecule has 0 saturated carbocycles. The topological polar surface area (TPSA) is 13.1 Å². The summed E-state index contributed by atoms with van der Waals surface area (Å²) >= 11 is 0. The summed E-state index contributed by atoms with van der Waals surface area (Å²) < 4.78 is 165. The van der Waals surface area contributed by atoms with E-state index in [1.54, 1.807) is 48.5 Å². The Balaban J connectivity index is 1.48. The van der Waals surface area contributed by atoms with Crippen LogP contribution in [-0.2, 0) is 0 Å². The van der Waals surface area contributed by atoms with Crippen LogP contribution in [0.25, 0.3) is 87.6 Å². The lowest BCUT2D eigenvalue weighted by atomic mass is 9.85. The van der Waals surface area contributed by atoms with E-state index in [4.69, 9.17) is 22.2 Å². The first-order valence-corrected chi connectivity index (χ1v) is 13.3. The van der Waals surface area contributed by atoms with Gasteiger partial charge >= 0.3 is 0 Å². The van der Waals surface area contributed by atoms with E-state index in [0.29, 0.717) is 21.5 Å². The van der Waals surface area contributed by atoms with Crippen LogP contribution in [0.2, 0.25) is 0 Å². The van der Waals surface area contributed by atoms with Crippen LogP contribution in [0.4, 0.5) is 0 Å². The second-order valence-corrected chi connectivity index (χ2v) is 9.85. The Kier molecular flexibility index (Phi) is 2.70. The van der Waals surface area contributed by atoms with E-state index in [9.17, 15) is 6.85 Å². The normalized spacial score (nSPS) is 17.6. The molecule has 0 aliphatic heterocycles. The Hall–Kier alpha value is -5.66. The predicted molar refractivity (Wildman–Crippen MR) is 183 cm³/mol. The van der Waals surface area contributed by atoms with Crippen molar-refractivity contribution in [2.24, 2.45) is 0 Å². The van der Waals surface area contributed by atoms with Crippen LogP contribution in [-0.4, -0.2) is 0 Å². The van der Waals surface area contributed by atoms with Gasteiger partial charge in [0, 0.05) is 10.8 Å². The molecule has 0 radical (unpaired) electrons. The Morgan fingerprint density at radius 1 is 0.419 bits per heavy atom. The maximum Gasteiger partial charge on any atom is 0.136 e. The summed E-state index contributed by atoms with van der Waals surface area (Å²) in [5.41, 5.74) is -1.37. The molecule has 1 heterocycles. The van der Waals surface area contributed by atoms with E-state index < -0.39 is 120 Å². The molecule has 0 aliphatic carbocycles. The highest BCUT2D eigenvalue weighted by molar-refractivity contribution is 6.23. The smallest absolute Gasteiger partial charge is 0.136 e. The third-order valence-corrected chi connectivity index (χ3v) is 7.50. The number of rotatable bonds is 3. The number of furan rings is 1. The largest absolute Gasteiger partial charge is 0.456 e. The first-order valence-electron chi connectivity index (χ1n) is 22.3. The quantitative estimate of drug-likeness (QED) is 0.195. The second-order valence-electron chi connectivity index (χ2n) is 9.85. The molecule has 0 N–H and O–H groups in total. The lowest BCUT2D eigenvalue weighted by molar-refractivity contribution is 0.669. The highest BCUT2D eigenvalue weighted by Gasteiger charge is 2.19. The van der Waals surface area contributed by atoms with Crippen molar-refractivity contribution in [1.29, 1.82) is 0 Å². The molecule has 1 heteroatoms. The van der Waals surface area contributed by atoms with Gasteiger partial charge in [0.15, 0.2) is 0 Å². The fourth-order valence-electron chi connectivity index (χ4n) is 5.71. The number of fused-ring (bicyclic) bond motifs is 6. The molecule has 8 aromatic carbocycles. The zero-order valence-corrected chi connectivity index (χ0v) is 22.0. The monoisotopic (exact) mass is 564 g/mol. The lowest BCUT2D eigenvalue weighted by Gasteiger charge is -2.18. The summed E-state index contributed by atoms with van der Waals surface area (Å²) in [6.07, 6.45) is 0. The van der Waals surface area contributed by atoms with Crippen LogP contribution >= 0.6 is 0 Å². The number of benzene rings is 8. The van der Waals surface area contributed by atoms with Crippen molar-refractivity contribution in [3.05, 3.63) is 157 Å². The number of hydrogen-bond donors (Lipinski definition) is 0. The highest BCUT2D eigenvalue weighted by atomic mass is 16.3. The van der Waals surface area contributed by atoms with Gasteiger partial charge in [-0.05, 0) is 89.9 Å². The van der Waals surface area contributed by atoms with E-state index in [2.05, 4.69) is 0 Å². The van der Waals surface area contributed by atoms with Crippen LogP contribution < -0.4 is 0 Å². The van der Waals surface area contributed by atoms with Crippen molar-refractivity contribution in [1.82, 2.24) is 0 Å². The summed E-state index contributed by atoms with van der Waals surface area (Å²) in [5.74, 6) is 0. The van der Waals surface area contributed by atoms with Gasteiger partial charge in [0.1, 0.15) is 11.2 Å². The first-order chi connectivity index (χ1) is 28.8. The van der Waals surface area contributed by atoms with E-state index in [0.717, 1.165) is 0 Å². The van der Waals surface area contributed by atoms with Gasteiger partial charge in [-0.1, -0.05) is 133 Å². The molecule has 0 aliphatic rings.